The fraction of sp³-hybridized carbons (Fsp3) is 0.632. The second kappa shape index (κ2) is 8.99. The van der Waals surface area contributed by atoms with Gasteiger partial charge in [0.1, 0.15) is 0 Å². The minimum absolute atomic E-state index is 0.309. The van der Waals surface area contributed by atoms with E-state index >= 15 is 0 Å². The van der Waals surface area contributed by atoms with E-state index in [1.54, 1.807) is 0 Å². The number of ketones is 1. The largest absolute Gasteiger partial charge is 0.303 e. The van der Waals surface area contributed by atoms with Crippen molar-refractivity contribution in [1.29, 1.82) is 0 Å². The van der Waals surface area contributed by atoms with Crippen LogP contribution >= 0.6 is 0 Å². The van der Waals surface area contributed by atoms with Crippen LogP contribution in [0.25, 0.3) is 0 Å². The van der Waals surface area contributed by atoms with Gasteiger partial charge in [-0.05, 0) is 63.4 Å². The van der Waals surface area contributed by atoms with E-state index in [2.05, 4.69) is 24.0 Å². The zero-order chi connectivity index (χ0) is 14.9. The zero-order valence-corrected chi connectivity index (χ0v) is 13.4. The normalized spacial score (nSPS) is 16.0. The maximum atomic E-state index is 12.2. The third-order valence-corrected chi connectivity index (χ3v) is 4.48. The van der Waals surface area contributed by atoms with Crippen LogP contribution in [-0.4, -0.2) is 30.3 Å². The van der Waals surface area contributed by atoms with Crippen LogP contribution in [0, 0.1) is 0 Å². The molecule has 1 aromatic carbocycles. The Morgan fingerprint density at radius 3 is 2.67 bits per heavy atom. The van der Waals surface area contributed by atoms with E-state index in [4.69, 9.17) is 0 Å². The summed E-state index contributed by atoms with van der Waals surface area (Å²) in [4.78, 5) is 14.7. The summed E-state index contributed by atoms with van der Waals surface area (Å²) < 4.78 is 0. The van der Waals surface area contributed by atoms with Crippen molar-refractivity contribution in [2.45, 2.75) is 58.3 Å². The van der Waals surface area contributed by atoms with E-state index in [9.17, 15) is 4.79 Å². The van der Waals surface area contributed by atoms with Gasteiger partial charge in [-0.1, -0.05) is 38.0 Å². The molecule has 21 heavy (non-hydrogen) atoms. The summed E-state index contributed by atoms with van der Waals surface area (Å²) >= 11 is 0. The lowest BCUT2D eigenvalue weighted by atomic mass is 10.0. The summed E-state index contributed by atoms with van der Waals surface area (Å²) in [5.41, 5.74) is 2.15. The second-order valence-corrected chi connectivity index (χ2v) is 6.19. The lowest BCUT2D eigenvalue weighted by Crippen LogP contribution is -2.30. The highest BCUT2D eigenvalue weighted by Crippen LogP contribution is 2.13. The van der Waals surface area contributed by atoms with Gasteiger partial charge in [-0.3, -0.25) is 4.79 Å². The molecule has 1 aliphatic heterocycles. The zero-order valence-electron chi connectivity index (χ0n) is 13.4. The molecule has 0 amide bonds. The Kier molecular flexibility index (Phi) is 6.94. The van der Waals surface area contributed by atoms with E-state index in [1.807, 2.05) is 12.1 Å². The highest BCUT2D eigenvalue weighted by atomic mass is 16.1. The first-order valence-corrected chi connectivity index (χ1v) is 8.64. The van der Waals surface area contributed by atoms with Crippen molar-refractivity contribution in [3.05, 3.63) is 35.4 Å². The third kappa shape index (κ3) is 5.62. The van der Waals surface area contributed by atoms with Crippen LogP contribution in [0.2, 0.25) is 0 Å². The molecule has 1 aromatic rings. The molecule has 0 spiro atoms. The highest BCUT2D eigenvalue weighted by molar-refractivity contribution is 5.96. The first kappa shape index (κ1) is 16.2. The molecule has 0 aromatic heterocycles. The topological polar surface area (TPSA) is 20.3 Å². The minimum Gasteiger partial charge on any atom is -0.303 e. The number of aryl methyl sites for hydroxylation is 1. The summed E-state index contributed by atoms with van der Waals surface area (Å²) in [6.07, 6.45) is 9.28. The maximum Gasteiger partial charge on any atom is 0.162 e. The molecule has 0 saturated carbocycles. The van der Waals surface area contributed by atoms with E-state index in [1.165, 1.54) is 57.3 Å². The lowest BCUT2D eigenvalue weighted by molar-refractivity contribution is 0.0978. The Morgan fingerprint density at radius 2 is 1.90 bits per heavy atom. The molecule has 1 saturated heterocycles. The van der Waals surface area contributed by atoms with Crippen LogP contribution in [-0.2, 0) is 6.42 Å². The number of benzene rings is 1. The number of carbonyl (C=O) groups is 1. The molecule has 0 unspecified atom stereocenters. The molecule has 0 radical (unpaired) electrons. The van der Waals surface area contributed by atoms with Gasteiger partial charge in [0.25, 0.3) is 0 Å². The predicted molar refractivity (Wildman–Crippen MR) is 88.9 cm³/mol. The van der Waals surface area contributed by atoms with Gasteiger partial charge >= 0.3 is 0 Å². The number of hydrogen-bond donors (Lipinski definition) is 0. The first-order valence-electron chi connectivity index (χ1n) is 8.64. The molecule has 116 valence electrons. The fourth-order valence-electron chi connectivity index (χ4n) is 3.09. The Morgan fingerprint density at radius 1 is 1.10 bits per heavy atom. The van der Waals surface area contributed by atoms with Crippen molar-refractivity contribution >= 4 is 5.78 Å². The number of piperidine rings is 1. The Hall–Kier alpha value is -1.15. The lowest BCUT2D eigenvalue weighted by Gasteiger charge is -2.26. The number of unbranched alkanes of at least 4 members (excludes halogenated alkanes) is 2. The van der Waals surface area contributed by atoms with E-state index in [0.717, 1.165) is 18.4 Å². The van der Waals surface area contributed by atoms with Gasteiger partial charge in [0, 0.05) is 12.0 Å². The fourth-order valence-corrected chi connectivity index (χ4v) is 3.09. The van der Waals surface area contributed by atoms with Gasteiger partial charge in [-0.25, -0.2) is 0 Å². The van der Waals surface area contributed by atoms with Gasteiger partial charge in [0.05, 0.1) is 0 Å². The van der Waals surface area contributed by atoms with Crippen LogP contribution in [0.15, 0.2) is 24.3 Å². The molecule has 0 bridgehead atoms. The summed E-state index contributed by atoms with van der Waals surface area (Å²) in [7, 11) is 0. The molecule has 2 heteroatoms. The summed E-state index contributed by atoms with van der Waals surface area (Å²) in [6, 6.07) is 8.10. The molecule has 0 aliphatic carbocycles. The van der Waals surface area contributed by atoms with E-state index in [-0.39, 0.29) is 0 Å². The van der Waals surface area contributed by atoms with Crippen LogP contribution in [0.5, 0.6) is 0 Å². The average Bonchev–Trinajstić information content (AvgIpc) is 2.55. The second-order valence-electron chi connectivity index (χ2n) is 6.19. The standard InChI is InChI=1S/C19H29NO/c1-2-17-10-9-11-18(16-17)19(21)12-5-3-6-13-20-14-7-4-8-15-20/h9-11,16H,2-8,12-15H2,1H3. The molecule has 1 heterocycles. The minimum atomic E-state index is 0.309. The highest BCUT2D eigenvalue weighted by Gasteiger charge is 2.09. The molecular weight excluding hydrogens is 258 g/mol. The van der Waals surface area contributed by atoms with Crippen molar-refractivity contribution in [1.82, 2.24) is 4.90 Å². The van der Waals surface area contributed by atoms with Crippen LogP contribution in [0.1, 0.15) is 67.8 Å². The van der Waals surface area contributed by atoms with Crippen LogP contribution < -0.4 is 0 Å². The number of nitrogens with zero attached hydrogens (tertiary/aromatic N) is 1. The summed E-state index contributed by atoms with van der Waals surface area (Å²) in [5.74, 6) is 0.309. The Labute approximate surface area is 129 Å². The van der Waals surface area contributed by atoms with Gasteiger partial charge in [-0.15, -0.1) is 0 Å². The van der Waals surface area contributed by atoms with E-state index < -0.39 is 0 Å². The van der Waals surface area contributed by atoms with Gasteiger partial charge < -0.3 is 4.90 Å². The molecule has 0 N–H and O–H groups in total. The first-order chi connectivity index (χ1) is 10.3. The van der Waals surface area contributed by atoms with Crippen molar-refractivity contribution in [3.63, 3.8) is 0 Å². The van der Waals surface area contributed by atoms with Crippen LogP contribution in [0.3, 0.4) is 0 Å². The maximum absolute atomic E-state index is 12.2. The average molecular weight is 287 g/mol. The summed E-state index contributed by atoms with van der Waals surface area (Å²) in [6.45, 7) is 5.91. The van der Waals surface area contributed by atoms with Crippen molar-refractivity contribution in [2.75, 3.05) is 19.6 Å². The molecule has 2 rings (SSSR count). The summed E-state index contributed by atoms with van der Waals surface area (Å²) in [5, 5.41) is 0. The molecule has 0 atom stereocenters. The quantitative estimate of drug-likeness (QED) is 0.519. The number of hydrogen-bond acceptors (Lipinski definition) is 2. The van der Waals surface area contributed by atoms with Gasteiger partial charge in [0.15, 0.2) is 5.78 Å². The SMILES string of the molecule is CCc1cccc(C(=O)CCCCCN2CCCCC2)c1. The van der Waals surface area contributed by atoms with Crippen LogP contribution in [0.4, 0.5) is 0 Å². The number of Topliss-reactive ketones (excluding diaryl/α,β-unsaturated/α-hetero) is 1. The number of carbonyl (C=O) groups excluding carboxylic acids is 1. The van der Waals surface area contributed by atoms with Gasteiger partial charge in [0.2, 0.25) is 0 Å². The van der Waals surface area contributed by atoms with Crippen molar-refractivity contribution in [3.8, 4) is 0 Å². The van der Waals surface area contributed by atoms with E-state index in [0.29, 0.717) is 12.2 Å². The predicted octanol–water partition coefficient (Wildman–Crippen LogP) is 4.48. The number of likely N-dealkylation sites (tertiary alicyclic amines) is 1. The molecule has 2 nitrogen and oxygen atoms in total. The molecule has 1 fully saturated rings. The van der Waals surface area contributed by atoms with Gasteiger partial charge in [-0.2, -0.15) is 0 Å². The smallest absolute Gasteiger partial charge is 0.162 e. The molecule has 1 aliphatic rings. The Bertz CT molecular complexity index is 435. The third-order valence-electron chi connectivity index (χ3n) is 4.48. The molecular formula is C19H29NO. The Balaban J connectivity index is 1.62. The number of rotatable bonds is 8. The van der Waals surface area contributed by atoms with Crippen molar-refractivity contribution < 1.29 is 4.79 Å². The monoisotopic (exact) mass is 287 g/mol. The van der Waals surface area contributed by atoms with Crippen molar-refractivity contribution in [2.24, 2.45) is 0 Å².